The summed E-state index contributed by atoms with van der Waals surface area (Å²) >= 11 is 0. The number of ether oxygens (including phenoxy) is 2. The zero-order valence-corrected chi connectivity index (χ0v) is 13.4. The van der Waals surface area contributed by atoms with E-state index in [0.717, 1.165) is 6.42 Å². The van der Waals surface area contributed by atoms with E-state index >= 15 is 0 Å². The van der Waals surface area contributed by atoms with Crippen molar-refractivity contribution in [3.8, 4) is 23.2 Å². The van der Waals surface area contributed by atoms with Gasteiger partial charge in [-0.3, -0.25) is 0 Å². The van der Waals surface area contributed by atoms with Crippen molar-refractivity contribution in [2.75, 3.05) is 6.61 Å². The predicted octanol–water partition coefficient (Wildman–Crippen LogP) is 3.30. The Morgan fingerprint density at radius 1 is 1.43 bits per heavy atom. The van der Waals surface area contributed by atoms with Crippen molar-refractivity contribution in [3.63, 3.8) is 0 Å². The Balaban J connectivity index is 2.27. The first-order valence-corrected chi connectivity index (χ1v) is 7.52. The number of benzene rings is 1. The molecule has 1 heterocycles. The molecule has 0 aliphatic rings. The quantitative estimate of drug-likeness (QED) is 0.827. The SMILES string of the molecule is CCOC(=O)c1c[nH]c(-c2ccc(OC(C)CC)c(C#N)c2)n1. The highest BCUT2D eigenvalue weighted by Crippen LogP contribution is 2.26. The summed E-state index contributed by atoms with van der Waals surface area (Å²) < 4.78 is 10.6. The number of aromatic amines is 1. The molecule has 0 saturated carbocycles. The van der Waals surface area contributed by atoms with E-state index in [0.29, 0.717) is 29.3 Å². The van der Waals surface area contributed by atoms with Gasteiger partial charge in [-0.15, -0.1) is 0 Å². The van der Waals surface area contributed by atoms with Crippen LogP contribution in [0.1, 0.15) is 43.2 Å². The molecule has 0 saturated heterocycles. The predicted molar refractivity (Wildman–Crippen MR) is 85.1 cm³/mol. The second-order valence-electron chi connectivity index (χ2n) is 5.01. The number of rotatable bonds is 6. The first-order chi connectivity index (χ1) is 11.1. The van der Waals surface area contributed by atoms with Crippen LogP contribution >= 0.6 is 0 Å². The van der Waals surface area contributed by atoms with Gasteiger partial charge in [0.15, 0.2) is 5.69 Å². The first-order valence-electron chi connectivity index (χ1n) is 7.52. The van der Waals surface area contributed by atoms with E-state index in [2.05, 4.69) is 16.0 Å². The van der Waals surface area contributed by atoms with Crippen LogP contribution in [0.4, 0.5) is 0 Å². The average Bonchev–Trinajstić information content (AvgIpc) is 3.05. The van der Waals surface area contributed by atoms with Gasteiger partial charge < -0.3 is 14.5 Å². The Bertz CT molecular complexity index is 731. The highest BCUT2D eigenvalue weighted by molar-refractivity contribution is 5.87. The standard InChI is InChI=1S/C17H19N3O3/c1-4-11(3)23-15-7-6-12(8-13(15)9-18)16-19-10-14(20-16)17(21)22-5-2/h6-8,10-11H,4-5H2,1-3H3,(H,19,20). The van der Waals surface area contributed by atoms with E-state index in [1.807, 2.05) is 13.8 Å². The average molecular weight is 313 g/mol. The fraction of sp³-hybridized carbons (Fsp3) is 0.353. The van der Waals surface area contributed by atoms with Crippen LogP contribution in [-0.4, -0.2) is 28.6 Å². The van der Waals surface area contributed by atoms with Crippen LogP contribution in [0.25, 0.3) is 11.4 Å². The van der Waals surface area contributed by atoms with Gasteiger partial charge >= 0.3 is 5.97 Å². The highest BCUT2D eigenvalue weighted by atomic mass is 16.5. The van der Waals surface area contributed by atoms with E-state index in [-0.39, 0.29) is 11.8 Å². The van der Waals surface area contributed by atoms with Crippen molar-refractivity contribution in [1.82, 2.24) is 9.97 Å². The molecule has 1 atom stereocenters. The molecule has 1 N–H and O–H groups in total. The monoisotopic (exact) mass is 313 g/mol. The van der Waals surface area contributed by atoms with Gasteiger partial charge in [0.05, 0.1) is 18.3 Å². The van der Waals surface area contributed by atoms with Gasteiger partial charge in [0, 0.05) is 11.8 Å². The second kappa shape index (κ2) is 7.45. The van der Waals surface area contributed by atoms with E-state index in [4.69, 9.17) is 9.47 Å². The number of hydrogen-bond donors (Lipinski definition) is 1. The third kappa shape index (κ3) is 3.89. The molecule has 0 bridgehead atoms. The molecular formula is C17H19N3O3. The molecule has 23 heavy (non-hydrogen) atoms. The molecule has 1 aromatic heterocycles. The molecule has 0 aliphatic heterocycles. The Labute approximate surface area is 135 Å². The molecule has 0 aliphatic carbocycles. The number of hydrogen-bond acceptors (Lipinski definition) is 5. The normalized spacial score (nSPS) is 11.6. The summed E-state index contributed by atoms with van der Waals surface area (Å²) in [7, 11) is 0. The van der Waals surface area contributed by atoms with Crippen LogP contribution in [0.5, 0.6) is 5.75 Å². The Morgan fingerprint density at radius 3 is 2.87 bits per heavy atom. The zero-order chi connectivity index (χ0) is 16.8. The van der Waals surface area contributed by atoms with Crippen molar-refractivity contribution in [2.24, 2.45) is 0 Å². The fourth-order valence-corrected chi connectivity index (χ4v) is 1.95. The summed E-state index contributed by atoms with van der Waals surface area (Å²) in [5.41, 5.74) is 1.34. The molecule has 2 aromatic rings. The number of nitrogens with one attached hydrogen (secondary N) is 1. The number of aromatic nitrogens is 2. The lowest BCUT2D eigenvalue weighted by molar-refractivity contribution is 0.0520. The number of nitrogens with zero attached hydrogens (tertiary/aromatic N) is 2. The summed E-state index contributed by atoms with van der Waals surface area (Å²) in [6.45, 7) is 6.00. The lowest BCUT2D eigenvalue weighted by atomic mass is 10.1. The van der Waals surface area contributed by atoms with Gasteiger partial charge in [-0.1, -0.05) is 6.92 Å². The first kappa shape index (κ1) is 16.6. The second-order valence-corrected chi connectivity index (χ2v) is 5.01. The molecule has 0 amide bonds. The highest BCUT2D eigenvalue weighted by Gasteiger charge is 2.14. The minimum atomic E-state index is -0.479. The largest absolute Gasteiger partial charge is 0.489 e. The molecule has 0 fully saturated rings. The minimum absolute atomic E-state index is 0.0342. The van der Waals surface area contributed by atoms with Crippen LogP contribution in [0.3, 0.4) is 0 Å². The van der Waals surface area contributed by atoms with Crippen LogP contribution < -0.4 is 4.74 Å². The third-order valence-electron chi connectivity index (χ3n) is 3.34. The third-order valence-corrected chi connectivity index (χ3v) is 3.34. The van der Waals surface area contributed by atoms with E-state index < -0.39 is 5.97 Å². The van der Waals surface area contributed by atoms with Crippen molar-refractivity contribution in [2.45, 2.75) is 33.3 Å². The fourth-order valence-electron chi connectivity index (χ4n) is 1.95. The van der Waals surface area contributed by atoms with E-state index in [1.54, 1.807) is 25.1 Å². The minimum Gasteiger partial charge on any atom is -0.489 e. The van der Waals surface area contributed by atoms with Crippen molar-refractivity contribution < 1.29 is 14.3 Å². The van der Waals surface area contributed by atoms with Crippen LogP contribution in [-0.2, 0) is 4.74 Å². The Hall–Kier alpha value is -2.81. The maximum Gasteiger partial charge on any atom is 0.358 e. The maximum absolute atomic E-state index is 11.6. The Morgan fingerprint density at radius 2 is 2.22 bits per heavy atom. The van der Waals surface area contributed by atoms with Gasteiger partial charge in [-0.05, 0) is 38.5 Å². The zero-order valence-electron chi connectivity index (χ0n) is 13.4. The van der Waals surface area contributed by atoms with Crippen LogP contribution in [0.15, 0.2) is 24.4 Å². The number of H-pyrrole nitrogens is 1. The molecule has 1 unspecified atom stereocenters. The van der Waals surface area contributed by atoms with E-state index in [1.165, 1.54) is 6.20 Å². The molecule has 1 aromatic carbocycles. The van der Waals surface area contributed by atoms with Crippen molar-refractivity contribution in [1.29, 1.82) is 5.26 Å². The summed E-state index contributed by atoms with van der Waals surface area (Å²) in [4.78, 5) is 18.8. The number of carbonyl (C=O) groups is 1. The summed E-state index contributed by atoms with van der Waals surface area (Å²) in [6, 6.07) is 7.35. The Kier molecular flexibility index (Phi) is 5.36. The van der Waals surface area contributed by atoms with E-state index in [9.17, 15) is 10.1 Å². The number of esters is 1. The molecule has 6 heteroatoms. The van der Waals surface area contributed by atoms with Gasteiger partial charge in [-0.2, -0.15) is 5.26 Å². The van der Waals surface area contributed by atoms with Crippen molar-refractivity contribution >= 4 is 5.97 Å². The molecular weight excluding hydrogens is 294 g/mol. The smallest absolute Gasteiger partial charge is 0.358 e. The molecule has 6 nitrogen and oxygen atoms in total. The summed E-state index contributed by atoms with van der Waals surface area (Å²) in [5, 5.41) is 9.30. The molecule has 120 valence electrons. The van der Waals surface area contributed by atoms with Gasteiger partial charge in [-0.25, -0.2) is 9.78 Å². The van der Waals surface area contributed by atoms with Gasteiger partial charge in [0.1, 0.15) is 17.6 Å². The summed E-state index contributed by atoms with van der Waals surface area (Å²) in [5.74, 6) is 0.564. The van der Waals surface area contributed by atoms with Crippen LogP contribution in [0, 0.1) is 11.3 Å². The van der Waals surface area contributed by atoms with Gasteiger partial charge in [0.2, 0.25) is 0 Å². The topological polar surface area (TPSA) is 88.0 Å². The molecule has 0 radical (unpaired) electrons. The lowest BCUT2D eigenvalue weighted by Gasteiger charge is -2.14. The molecule has 0 spiro atoms. The summed E-state index contributed by atoms with van der Waals surface area (Å²) in [6.07, 6.45) is 2.38. The number of imidazole rings is 1. The molecule has 2 rings (SSSR count). The maximum atomic E-state index is 11.6. The number of nitriles is 1. The number of carbonyl (C=O) groups excluding carboxylic acids is 1. The van der Waals surface area contributed by atoms with Crippen molar-refractivity contribution in [3.05, 3.63) is 35.7 Å². The van der Waals surface area contributed by atoms with Crippen LogP contribution in [0.2, 0.25) is 0 Å². The lowest BCUT2D eigenvalue weighted by Crippen LogP contribution is -2.10. The van der Waals surface area contributed by atoms with Gasteiger partial charge in [0.25, 0.3) is 0 Å².